The highest BCUT2D eigenvalue weighted by atomic mass is 19.1. The maximum absolute atomic E-state index is 13.3. The SMILES string of the molecule is O=C1CC[C@@](CCC(=O)N2CCC[C@@H]2c2ccc(F)cc2)(Cc2ccc(F)cc2)N1. The van der Waals surface area contributed by atoms with Gasteiger partial charge in [0.15, 0.2) is 0 Å². The second kappa shape index (κ2) is 8.54. The quantitative estimate of drug-likeness (QED) is 0.769. The molecule has 2 fully saturated rings. The van der Waals surface area contributed by atoms with E-state index in [1.165, 1.54) is 24.3 Å². The lowest BCUT2D eigenvalue weighted by molar-refractivity contribution is -0.132. The minimum atomic E-state index is -0.477. The van der Waals surface area contributed by atoms with Gasteiger partial charge in [-0.05, 0) is 67.5 Å². The lowest BCUT2D eigenvalue weighted by Gasteiger charge is -2.31. The van der Waals surface area contributed by atoms with E-state index in [4.69, 9.17) is 0 Å². The number of carbonyl (C=O) groups excluding carboxylic acids is 2. The molecule has 2 heterocycles. The predicted octanol–water partition coefficient (Wildman–Crippen LogP) is 4.30. The summed E-state index contributed by atoms with van der Waals surface area (Å²) in [6, 6.07) is 12.6. The number of halogens is 2. The Balaban J connectivity index is 1.44. The van der Waals surface area contributed by atoms with Crippen LogP contribution in [-0.4, -0.2) is 28.8 Å². The number of nitrogens with zero attached hydrogens (tertiary/aromatic N) is 1. The minimum absolute atomic E-state index is 0.00470. The Labute approximate surface area is 175 Å². The first kappa shape index (κ1) is 20.5. The summed E-state index contributed by atoms with van der Waals surface area (Å²) in [4.78, 5) is 26.9. The molecule has 2 aromatic rings. The molecular weight excluding hydrogens is 386 g/mol. The summed E-state index contributed by atoms with van der Waals surface area (Å²) in [7, 11) is 0. The van der Waals surface area contributed by atoms with E-state index in [-0.39, 0.29) is 29.5 Å². The highest BCUT2D eigenvalue weighted by Crippen LogP contribution is 2.34. The van der Waals surface area contributed by atoms with Gasteiger partial charge in [0.25, 0.3) is 0 Å². The van der Waals surface area contributed by atoms with E-state index < -0.39 is 5.54 Å². The van der Waals surface area contributed by atoms with Gasteiger partial charge in [0.2, 0.25) is 11.8 Å². The van der Waals surface area contributed by atoms with Crippen LogP contribution in [0.25, 0.3) is 0 Å². The highest BCUT2D eigenvalue weighted by molar-refractivity contribution is 5.80. The predicted molar refractivity (Wildman–Crippen MR) is 110 cm³/mol. The van der Waals surface area contributed by atoms with Gasteiger partial charge >= 0.3 is 0 Å². The van der Waals surface area contributed by atoms with Crippen LogP contribution in [0.3, 0.4) is 0 Å². The molecular formula is C24H26F2N2O2. The summed E-state index contributed by atoms with van der Waals surface area (Å²) in [5.74, 6) is -0.523. The number of nitrogens with one attached hydrogen (secondary N) is 1. The van der Waals surface area contributed by atoms with E-state index in [1.807, 2.05) is 4.90 Å². The average molecular weight is 412 g/mol. The van der Waals surface area contributed by atoms with Crippen LogP contribution in [0.1, 0.15) is 55.7 Å². The van der Waals surface area contributed by atoms with Crippen molar-refractivity contribution in [3.63, 3.8) is 0 Å². The molecule has 4 rings (SSSR count). The van der Waals surface area contributed by atoms with Crippen LogP contribution in [0.2, 0.25) is 0 Å². The second-order valence-electron chi connectivity index (χ2n) is 8.43. The first-order valence-electron chi connectivity index (χ1n) is 10.5. The van der Waals surface area contributed by atoms with Gasteiger partial charge in [0.1, 0.15) is 11.6 Å². The van der Waals surface area contributed by atoms with Crippen LogP contribution in [0.5, 0.6) is 0 Å². The van der Waals surface area contributed by atoms with Gasteiger partial charge in [-0.2, -0.15) is 0 Å². The van der Waals surface area contributed by atoms with E-state index >= 15 is 0 Å². The molecule has 4 nitrogen and oxygen atoms in total. The maximum Gasteiger partial charge on any atom is 0.223 e. The number of hydrogen-bond acceptors (Lipinski definition) is 2. The Bertz CT molecular complexity index is 914. The number of benzene rings is 2. The van der Waals surface area contributed by atoms with Gasteiger partial charge in [0.05, 0.1) is 6.04 Å². The Morgan fingerprint density at radius 1 is 1.07 bits per heavy atom. The fourth-order valence-electron chi connectivity index (χ4n) is 4.76. The molecule has 6 heteroatoms. The normalized spacial score (nSPS) is 23.6. The fraction of sp³-hybridized carbons (Fsp3) is 0.417. The molecule has 2 aliphatic rings. The topological polar surface area (TPSA) is 49.4 Å². The van der Waals surface area contributed by atoms with Crippen LogP contribution in [0.15, 0.2) is 48.5 Å². The zero-order chi connectivity index (χ0) is 21.1. The molecule has 30 heavy (non-hydrogen) atoms. The molecule has 2 atom stereocenters. The van der Waals surface area contributed by atoms with Crippen molar-refractivity contribution < 1.29 is 18.4 Å². The van der Waals surface area contributed by atoms with Crippen LogP contribution < -0.4 is 5.32 Å². The Hall–Kier alpha value is -2.76. The third kappa shape index (κ3) is 4.53. The van der Waals surface area contributed by atoms with Crippen molar-refractivity contribution >= 4 is 11.8 Å². The second-order valence-corrected chi connectivity index (χ2v) is 8.43. The highest BCUT2D eigenvalue weighted by Gasteiger charge is 2.39. The van der Waals surface area contributed by atoms with E-state index in [2.05, 4.69) is 5.32 Å². The summed E-state index contributed by atoms with van der Waals surface area (Å²) in [5, 5.41) is 3.08. The Morgan fingerprint density at radius 2 is 1.73 bits per heavy atom. The number of likely N-dealkylation sites (tertiary alicyclic amines) is 1. The van der Waals surface area contributed by atoms with Crippen molar-refractivity contribution in [2.75, 3.05) is 6.54 Å². The molecule has 0 aliphatic carbocycles. The summed E-state index contributed by atoms with van der Waals surface area (Å²) in [5.41, 5.74) is 1.42. The molecule has 2 saturated heterocycles. The molecule has 2 aliphatic heterocycles. The van der Waals surface area contributed by atoms with Gasteiger partial charge in [-0.3, -0.25) is 9.59 Å². The van der Waals surface area contributed by atoms with E-state index in [0.29, 0.717) is 38.6 Å². The van der Waals surface area contributed by atoms with Crippen molar-refractivity contribution in [2.24, 2.45) is 0 Å². The van der Waals surface area contributed by atoms with Crippen LogP contribution in [0, 0.1) is 11.6 Å². The number of carbonyl (C=O) groups is 2. The monoisotopic (exact) mass is 412 g/mol. The summed E-state index contributed by atoms with van der Waals surface area (Å²) < 4.78 is 26.5. The first-order chi connectivity index (χ1) is 14.4. The lowest BCUT2D eigenvalue weighted by atomic mass is 9.85. The third-order valence-corrected chi connectivity index (χ3v) is 6.34. The van der Waals surface area contributed by atoms with E-state index in [0.717, 1.165) is 24.0 Å². The minimum Gasteiger partial charge on any atom is -0.350 e. The molecule has 2 amide bonds. The van der Waals surface area contributed by atoms with Crippen LogP contribution in [-0.2, 0) is 16.0 Å². The zero-order valence-corrected chi connectivity index (χ0v) is 16.9. The van der Waals surface area contributed by atoms with Crippen LogP contribution >= 0.6 is 0 Å². The molecule has 1 N–H and O–H groups in total. The van der Waals surface area contributed by atoms with Crippen LogP contribution in [0.4, 0.5) is 8.78 Å². The third-order valence-electron chi connectivity index (χ3n) is 6.34. The van der Waals surface area contributed by atoms with Gasteiger partial charge in [-0.15, -0.1) is 0 Å². The number of hydrogen-bond donors (Lipinski definition) is 1. The molecule has 0 aromatic heterocycles. The lowest BCUT2D eigenvalue weighted by Crippen LogP contribution is -2.44. The molecule has 0 bridgehead atoms. The van der Waals surface area contributed by atoms with Crippen molar-refractivity contribution in [2.45, 2.75) is 56.5 Å². The van der Waals surface area contributed by atoms with Gasteiger partial charge in [0, 0.05) is 24.9 Å². The molecule has 158 valence electrons. The zero-order valence-electron chi connectivity index (χ0n) is 16.9. The summed E-state index contributed by atoms with van der Waals surface area (Å²) in [6.07, 6.45) is 4.35. The summed E-state index contributed by atoms with van der Waals surface area (Å²) >= 11 is 0. The first-order valence-corrected chi connectivity index (χ1v) is 10.5. The van der Waals surface area contributed by atoms with Gasteiger partial charge in [-0.25, -0.2) is 8.78 Å². The number of rotatable bonds is 6. The Kier molecular flexibility index (Phi) is 5.84. The molecule has 0 saturated carbocycles. The van der Waals surface area contributed by atoms with Crippen molar-refractivity contribution in [1.82, 2.24) is 10.2 Å². The van der Waals surface area contributed by atoms with Crippen molar-refractivity contribution in [1.29, 1.82) is 0 Å². The molecule has 0 spiro atoms. The molecule has 0 unspecified atom stereocenters. The standard InChI is InChI=1S/C24H26F2N2O2/c25-19-7-3-17(4-8-19)16-24(13-11-22(29)27-24)14-12-23(30)28-15-1-2-21(28)18-5-9-20(26)10-6-18/h3-10,21H,1-2,11-16H2,(H,27,29)/t21-,24-/m1/s1. The van der Waals surface area contributed by atoms with E-state index in [9.17, 15) is 18.4 Å². The molecule has 0 radical (unpaired) electrons. The van der Waals surface area contributed by atoms with E-state index in [1.54, 1.807) is 24.3 Å². The van der Waals surface area contributed by atoms with Gasteiger partial charge in [-0.1, -0.05) is 24.3 Å². The fourth-order valence-corrected chi connectivity index (χ4v) is 4.76. The summed E-state index contributed by atoms with van der Waals surface area (Å²) in [6.45, 7) is 0.693. The average Bonchev–Trinajstić information content (AvgIpc) is 3.36. The Morgan fingerprint density at radius 3 is 2.37 bits per heavy atom. The largest absolute Gasteiger partial charge is 0.350 e. The van der Waals surface area contributed by atoms with Crippen molar-refractivity contribution in [3.8, 4) is 0 Å². The van der Waals surface area contributed by atoms with Gasteiger partial charge < -0.3 is 10.2 Å². The smallest absolute Gasteiger partial charge is 0.223 e. The number of amides is 2. The van der Waals surface area contributed by atoms with Crippen molar-refractivity contribution in [3.05, 3.63) is 71.3 Å². The maximum atomic E-state index is 13.3. The molecule has 2 aromatic carbocycles.